The number of β-amino-alcohol motifs (C(OH)–C–C–N with tert-alkyl or cyclic N) is 1. The Hall–Kier alpha value is -3.42. The first kappa shape index (κ1) is 39.8. The number of nitrogen functional groups attached to an aromatic ring is 2. The molecule has 4 aromatic rings. The van der Waals surface area contributed by atoms with Gasteiger partial charge in [0.2, 0.25) is 11.9 Å². The maximum Gasteiger partial charge on any atom is 0.247 e. The summed E-state index contributed by atoms with van der Waals surface area (Å²) in [6, 6.07) is 10.5. The second kappa shape index (κ2) is 19.1. The number of aliphatic hydroxyl groups excluding tert-OH is 3. The molecule has 16 nitrogen and oxygen atoms in total. The fourth-order valence-electron chi connectivity index (χ4n) is 5.21. The van der Waals surface area contributed by atoms with Gasteiger partial charge in [-0.3, -0.25) is 4.90 Å². The van der Waals surface area contributed by atoms with Crippen molar-refractivity contribution in [2.24, 2.45) is 0 Å². The number of rotatable bonds is 8. The largest absolute Gasteiger partial charge is 0.394 e. The molecule has 0 radical (unpaired) electrons. The first-order chi connectivity index (χ1) is 25.1. The average molecular weight is 799 g/mol. The number of nitrogens with two attached hydrogens (primary N) is 2. The van der Waals surface area contributed by atoms with Crippen molar-refractivity contribution in [3.05, 3.63) is 56.5 Å². The standard InChI is InChI=1S/C16H20Cl2N6O2.C13H14Cl2N6.C3H6O2/c17-12-3-1-2-11(13(12)18)14-15(19)20-16(22-21-14)24-6-4-23(5-7-24)8-10(26)9-25;14-9-3-1-2-8(10(9)15)11-12(16)18-13(20-19-11)21-6-4-17-5-7-21;4-1-3-2-5-3/h1-3,10,25-26H,4-9H2,(H2,19,20,22);1-3,17H,4-7H2,(H2,16,18,20);3-4H,1-2H2. The molecule has 0 bridgehead atoms. The summed E-state index contributed by atoms with van der Waals surface area (Å²) in [4.78, 5) is 14.8. The molecule has 3 aliphatic rings. The number of halogens is 4. The van der Waals surface area contributed by atoms with Crippen LogP contribution in [0.25, 0.3) is 22.5 Å². The summed E-state index contributed by atoms with van der Waals surface area (Å²) >= 11 is 24.5. The minimum absolute atomic E-state index is 0.190. The van der Waals surface area contributed by atoms with Gasteiger partial charge in [-0.05, 0) is 12.1 Å². The summed E-state index contributed by atoms with van der Waals surface area (Å²) < 4.78 is 4.61. The van der Waals surface area contributed by atoms with E-state index in [9.17, 15) is 5.11 Å². The Morgan fingerprint density at radius 3 is 1.63 bits per heavy atom. The monoisotopic (exact) mass is 796 g/mol. The van der Waals surface area contributed by atoms with Crippen LogP contribution in [0.3, 0.4) is 0 Å². The number of anilines is 4. The van der Waals surface area contributed by atoms with Crippen LogP contribution in [0.2, 0.25) is 20.1 Å². The number of aromatic nitrogens is 6. The predicted molar refractivity (Wildman–Crippen MR) is 203 cm³/mol. The van der Waals surface area contributed by atoms with Gasteiger partial charge in [0, 0.05) is 70.0 Å². The topological polar surface area (TPSA) is 224 Å². The molecule has 3 fully saturated rings. The minimum atomic E-state index is -0.725. The third-order valence-electron chi connectivity index (χ3n) is 8.16. The molecule has 8 N–H and O–H groups in total. The molecule has 2 atom stereocenters. The van der Waals surface area contributed by atoms with Crippen molar-refractivity contribution >= 4 is 69.9 Å². The molecule has 0 aliphatic carbocycles. The zero-order valence-corrected chi connectivity index (χ0v) is 31.1. The Balaban J connectivity index is 0.000000180. The van der Waals surface area contributed by atoms with Crippen molar-refractivity contribution in [3.8, 4) is 22.5 Å². The van der Waals surface area contributed by atoms with E-state index in [1.54, 1.807) is 36.4 Å². The highest BCUT2D eigenvalue weighted by molar-refractivity contribution is 6.44. The van der Waals surface area contributed by atoms with Gasteiger partial charge < -0.3 is 46.6 Å². The Labute approximate surface area is 320 Å². The zero-order valence-electron chi connectivity index (χ0n) is 28.0. The average Bonchev–Trinajstić information content (AvgIpc) is 4.01. The summed E-state index contributed by atoms with van der Waals surface area (Å²) in [7, 11) is 0. The predicted octanol–water partition coefficient (Wildman–Crippen LogP) is 2.12. The molecule has 2 unspecified atom stereocenters. The number of ether oxygens (including phenoxy) is 1. The third kappa shape index (κ3) is 10.6. The van der Waals surface area contributed by atoms with Crippen LogP contribution in [-0.2, 0) is 4.74 Å². The number of piperazine rings is 2. The highest BCUT2D eigenvalue weighted by Gasteiger charge is 2.23. The lowest BCUT2D eigenvalue weighted by Gasteiger charge is -2.35. The highest BCUT2D eigenvalue weighted by Crippen LogP contribution is 2.35. The molecule has 3 aliphatic heterocycles. The maximum absolute atomic E-state index is 9.53. The number of benzene rings is 2. The van der Waals surface area contributed by atoms with Gasteiger partial charge in [-0.25, -0.2) is 0 Å². The molecule has 5 heterocycles. The molecule has 0 saturated carbocycles. The molecule has 3 saturated heterocycles. The number of epoxide rings is 1. The van der Waals surface area contributed by atoms with Crippen LogP contribution >= 0.6 is 46.4 Å². The van der Waals surface area contributed by atoms with Crippen molar-refractivity contribution in [3.63, 3.8) is 0 Å². The van der Waals surface area contributed by atoms with Crippen LogP contribution in [-0.4, -0.2) is 142 Å². The van der Waals surface area contributed by atoms with E-state index in [1.807, 2.05) is 9.80 Å². The van der Waals surface area contributed by atoms with E-state index < -0.39 is 6.10 Å². The van der Waals surface area contributed by atoms with Crippen molar-refractivity contribution < 1.29 is 20.1 Å². The molecule has 52 heavy (non-hydrogen) atoms. The molecule has 280 valence electrons. The second-order valence-corrected chi connectivity index (χ2v) is 13.5. The van der Waals surface area contributed by atoms with E-state index in [0.29, 0.717) is 80.0 Å². The van der Waals surface area contributed by atoms with Crippen LogP contribution in [0, 0.1) is 0 Å². The van der Waals surface area contributed by atoms with Crippen molar-refractivity contribution in [1.82, 2.24) is 40.6 Å². The van der Waals surface area contributed by atoms with Crippen molar-refractivity contribution in [2.75, 3.05) is 100.0 Å². The molecule has 0 spiro atoms. The molecular formula is C32H40Cl4N12O4. The van der Waals surface area contributed by atoms with Crippen molar-refractivity contribution in [1.29, 1.82) is 0 Å². The van der Waals surface area contributed by atoms with Crippen LogP contribution in [0.15, 0.2) is 36.4 Å². The highest BCUT2D eigenvalue weighted by atomic mass is 35.5. The lowest BCUT2D eigenvalue weighted by Crippen LogP contribution is -2.49. The van der Waals surface area contributed by atoms with Gasteiger partial charge in [0.25, 0.3) is 0 Å². The molecule has 7 rings (SSSR count). The molecular weight excluding hydrogens is 758 g/mol. The second-order valence-electron chi connectivity index (χ2n) is 11.9. The summed E-state index contributed by atoms with van der Waals surface area (Å²) in [6.07, 6.45) is -0.535. The van der Waals surface area contributed by atoms with Gasteiger partial charge in [-0.15, -0.1) is 20.4 Å². The third-order valence-corrected chi connectivity index (χ3v) is 9.80. The van der Waals surface area contributed by atoms with Crippen molar-refractivity contribution in [2.45, 2.75) is 12.2 Å². The molecule has 20 heteroatoms. The first-order valence-electron chi connectivity index (χ1n) is 16.4. The van der Waals surface area contributed by atoms with Crippen LogP contribution in [0.1, 0.15) is 0 Å². The van der Waals surface area contributed by atoms with Gasteiger partial charge in [0.15, 0.2) is 11.6 Å². The SMILES string of the molecule is Nc1nc(N2CCN(CC(O)CO)CC2)nnc1-c1cccc(Cl)c1Cl.Nc1nc(N2CCNCC2)nnc1-c1cccc(Cl)c1Cl.OCC1CO1. The van der Waals surface area contributed by atoms with Gasteiger partial charge in [0.05, 0.1) is 46.0 Å². The Morgan fingerprint density at radius 2 is 1.23 bits per heavy atom. The molecule has 0 amide bonds. The Kier molecular flexibility index (Phi) is 14.6. The number of aliphatic hydroxyl groups is 3. The van der Waals surface area contributed by atoms with E-state index in [2.05, 4.69) is 45.3 Å². The quantitative estimate of drug-likeness (QED) is 0.141. The summed E-state index contributed by atoms with van der Waals surface area (Å²) in [6.45, 7) is 7.41. The number of nitrogens with zero attached hydrogens (tertiary/aromatic N) is 9. The van der Waals surface area contributed by atoms with Gasteiger partial charge in [0.1, 0.15) is 17.5 Å². The molecule has 2 aromatic carbocycles. The lowest BCUT2D eigenvalue weighted by atomic mass is 10.1. The van der Waals surface area contributed by atoms with Gasteiger partial charge in [-0.2, -0.15) is 9.97 Å². The van der Waals surface area contributed by atoms with Crippen LogP contribution in [0.5, 0.6) is 0 Å². The number of hydrogen-bond donors (Lipinski definition) is 6. The van der Waals surface area contributed by atoms with Crippen LogP contribution < -0.4 is 26.6 Å². The lowest BCUT2D eigenvalue weighted by molar-refractivity contribution is 0.0574. The summed E-state index contributed by atoms with van der Waals surface area (Å²) in [5.41, 5.74) is 14.2. The summed E-state index contributed by atoms with van der Waals surface area (Å²) in [5.74, 6) is 1.52. The van der Waals surface area contributed by atoms with E-state index in [0.717, 1.165) is 45.9 Å². The fraction of sp³-hybridized carbons (Fsp3) is 0.438. The maximum atomic E-state index is 9.53. The Bertz CT molecular complexity index is 1780. The van der Waals surface area contributed by atoms with Gasteiger partial charge >= 0.3 is 0 Å². The molecule has 2 aromatic heterocycles. The van der Waals surface area contributed by atoms with Gasteiger partial charge in [-0.1, -0.05) is 70.7 Å². The smallest absolute Gasteiger partial charge is 0.247 e. The Morgan fingerprint density at radius 1 is 0.750 bits per heavy atom. The number of nitrogens with one attached hydrogen (secondary N) is 1. The zero-order chi connectivity index (χ0) is 37.2. The minimum Gasteiger partial charge on any atom is -0.394 e. The van der Waals surface area contributed by atoms with E-state index in [-0.39, 0.29) is 25.1 Å². The van der Waals surface area contributed by atoms with E-state index >= 15 is 0 Å². The van der Waals surface area contributed by atoms with Crippen LogP contribution in [0.4, 0.5) is 23.5 Å². The first-order valence-corrected chi connectivity index (χ1v) is 17.9. The fourth-order valence-corrected chi connectivity index (χ4v) is 5.99. The normalized spacial score (nSPS) is 17.8. The van der Waals surface area contributed by atoms with E-state index in [1.165, 1.54) is 0 Å². The summed E-state index contributed by atoms with van der Waals surface area (Å²) in [5, 5.41) is 48.2. The number of hydrogen-bond acceptors (Lipinski definition) is 16. The van der Waals surface area contributed by atoms with E-state index in [4.69, 9.17) is 68.1 Å².